The fourth-order valence-corrected chi connectivity index (χ4v) is 4.88. The maximum Gasteiger partial charge on any atom is 0.325 e. The molecule has 0 atom stereocenters. The molecule has 1 aromatic heterocycles. The van der Waals surface area contributed by atoms with E-state index in [1.807, 2.05) is 6.92 Å². The van der Waals surface area contributed by atoms with E-state index in [9.17, 15) is 14.4 Å². The van der Waals surface area contributed by atoms with Crippen LogP contribution in [0.25, 0.3) is 0 Å². The van der Waals surface area contributed by atoms with Gasteiger partial charge in [0.1, 0.15) is 5.54 Å². The highest BCUT2D eigenvalue weighted by Crippen LogP contribution is 2.35. The molecule has 0 unspecified atom stereocenters. The van der Waals surface area contributed by atoms with E-state index in [1.165, 1.54) is 16.2 Å². The summed E-state index contributed by atoms with van der Waals surface area (Å²) in [4.78, 5) is 37.8. The minimum Gasteiger partial charge on any atom is -0.323 e. The van der Waals surface area contributed by atoms with E-state index in [0.717, 1.165) is 22.9 Å². The van der Waals surface area contributed by atoms with Crippen molar-refractivity contribution >= 4 is 46.1 Å². The number of thioether (sulfide) groups is 1. The predicted molar refractivity (Wildman–Crippen MR) is 95.6 cm³/mol. The highest BCUT2D eigenvalue weighted by molar-refractivity contribution is 8.01. The average molecular weight is 383 g/mol. The second-order valence-electron chi connectivity index (χ2n) is 6.13. The quantitative estimate of drug-likeness (QED) is 0.425. The number of amides is 4. The summed E-state index contributed by atoms with van der Waals surface area (Å²) < 4.78 is 0.819. The van der Waals surface area contributed by atoms with Crippen LogP contribution in [0.4, 0.5) is 9.93 Å². The summed E-state index contributed by atoms with van der Waals surface area (Å²) in [5, 5.41) is 13.9. The van der Waals surface area contributed by atoms with Crippen LogP contribution in [-0.2, 0) is 9.59 Å². The zero-order valence-electron chi connectivity index (χ0n) is 14.0. The van der Waals surface area contributed by atoms with Crippen molar-refractivity contribution in [1.82, 2.24) is 20.4 Å². The third kappa shape index (κ3) is 3.95. The fraction of sp³-hybridized carbons (Fsp3) is 0.667. The van der Waals surface area contributed by atoms with Crippen LogP contribution in [0.15, 0.2) is 4.34 Å². The largest absolute Gasteiger partial charge is 0.325 e. The Morgan fingerprint density at radius 3 is 2.84 bits per heavy atom. The van der Waals surface area contributed by atoms with E-state index in [1.54, 1.807) is 11.8 Å². The Bertz CT molecular complexity index is 672. The summed E-state index contributed by atoms with van der Waals surface area (Å²) in [6.45, 7) is 2.28. The van der Waals surface area contributed by atoms with Crippen molar-refractivity contribution in [2.24, 2.45) is 0 Å². The molecule has 0 radical (unpaired) electrons. The SMILES string of the molecule is CCSc1nnc(NC(=O)CCCN2C(=O)NC3(CCCC3)C2=O)s1. The molecule has 2 heterocycles. The monoisotopic (exact) mass is 383 g/mol. The van der Waals surface area contributed by atoms with Gasteiger partial charge >= 0.3 is 6.03 Å². The Balaban J connectivity index is 1.45. The Morgan fingerprint density at radius 1 is 1.36 bits per heavy atom. The van der Waals surface area contributed by atoms with Crippen molar-refractivity contribution in [1.29, 1.82) is 0 Å². The molecule has 1 aromatic rings. The minimum atomic E-state index is -0.681. The lowest BCUT2D eigenvalue weighted by molar-refractivity contribution is -0.131. The number of nitrogens with zero attached hydrogens (tertiary/aromatic N) is 3. The van der Waals surface area contributed by atoms with Crippen molar-refractivity contribution < 1.29 is 14.4 Å². The molecular formula is C15H21N5O3S2. The van der Waals surface area contributed by atoms with Crippen LogP contribution in [-0.4, -0.2) is 50.8 Å². The topological polar surface area (TPSA) is 104 Å². The van der Waals surface area contributed by atoms with Gasteiger partial charge in [-0.1, -0.05) is 42.9 Å². The van der Waals surface area contributed by atoms with Gasteiger partial charge in [-0.2, -0.15) is 0 Å². The van der Waals surface area contributed by atoms with Gasteiger partial charge in [-0.25, -0.2) is 4.79 Å². The predicted octanol–water partition coefficient (Wildman–Crippen LogP) is 2.23. The smallest absolute Gasteiger partial charge is 0.323 e. The van der Waals surface area contributed by atoms with Gasteiger partial charge < -0.3 is 10.6 Å². The first kappa shape index (κ1) is 18.1. The lowest BCUT2D eigenvalue weighted by Gasteiger charge is -2.19. The van der Waals surface area contributed by atoms with Gasteiger partial charge in [0, 0.05) is 13.0 Å². The van der Waals surface area contributed by atoms with Crippen LogP contribution in [0.2, 0.25) is 0 Å². The molecular weight excluding hydrogens is 362 g/mol. The molecule has 2 aliphatic rings. The van der Waals surface area contributed by atoms with Crippen molar-refractivity contribution in [2.45, 2.75) is 55.3 Å². The Kier molecular flexibility index (Phi) is 5.57. The van der Waals surface area contributed by atoms with Crippen molar-refractivity contribution in [2.75, 3.05) is 17.6 Å². The van der Waals surface area contributed by atoms with Gasteiger partial charge in [0.2, 0.25) is 11.0 Å². The van der Waals surface area contributed by atoms with Gasteiger partial charge in [0.25, 0.3) is 5.91 Å². The van der Waals surface area contributed by atoms with Crippen molar-refractivity contribution in [3.63, 3.8) is 0 Å². The third-order valence-electron chi connectivity index (χ3n) is 4.41. The first-order valence-corrected chi connectivity index (χ1v) is 10.2. The summed E-state index contributed by atoms with van der Waals surface area (Å²) in [5.41, 5.74) is -0.681. The second kappa shape index (κ2) is 7.69. The summed E-state index contributed by atoms with van der Waals surface area (Å²) in [7, 11) is 0. The van der Waals surface area contributed by atoms with Crippen LogP contribution in [0.3, 0.4) is 0 Å². The maximum atomic E-state index is 12.5. The number of hydrogen-bond donors (Lipinski definition) is 2. The van der Waals surface area contributed by atoms with Crippen LogP contribution in [0.1, 0.15) is 45.4 Å². The highest BCUT2D eigenvalue weighted by Gasteiger charge is 2.51. The molecule has 25 heavy (non-hydrogen) atoms. The zero-order chi connectivity index (χ0) is 17.9. The normalized spacial score (nSPS) is 18.8. The molecule has 1 saturated carbocycles. The van der Waals surface area contributed by atoms with E-state index < -0.39 is 5.54 Å². The molecule has 8 nitrogen and oxygen atoms in total. The summed E-state index contributed by atoms with van der Waals surface area (Å²) in [6, 6.07) is -0.335. The fourth-order valence-electron chi connectivity index (χ4n) is 3.22. The first-order chi connectivity index (χ1) is 12.0. The van der Waals surface area contributed by atoms with Crippen LogP contribution in [0, 0.1) is 0 Å². The van der Waals surface area contributed by atoms with E-state index in [2.05, 4.69) is 20.8 Å². The van der Waals surface area contributed by atoms with Crippen LogP contribution < -0.4 is 10.6 Å². The summed E-state index contributed by atoms with van der Waals surface area (Å²) >= 11 is 2.91. The second-order valence-corrected chi connectivity index (χ2v) is 8.62. The lowest BCUT2D eigenvalue weighted by atomic mass is 9.98. The molecule has 1 spiro atoms. The molecule has 136 valence electrons. The maximum absolute atomic E-state index is 12.5. The van der Waals surface area contributed by atoms with E-state index in [4.69, 9.17) is 0 Å². The lowest BCUT2D eigenvalue weighted by Crippen LogP contribution is -2.44. The molecule has 1 aliphatic carbocycles. The first-order valence-electron chi connectivity index (χ1n) is 8.44. The summed E-state index contributed by atoms with van der Waals surface area (Å²) in [6.07, 6.45) is 3.99. The number of rotatable bonds is 7. The molecule has 4 amide bonds. The molecule has 0 aromatic carbocycles. The molecule has 3 rings (SSSR count). The molecule has 2 N–H and O–H groups in total. The number of nitrogens with one attached hydrogen (secondary N) is 2. The Hall–Kier alpha value is -1.68. The number of carbonyl (C=O) groups excluding carboxylic acids is 3. The third-order valence-corrected chi connectivity index (χ3v) is 6.26. The van der Waals surface area contributed by atoms with Gasteiger partial charge in [-0.3, -0.25) is 14.5 Å². The number of hydrogen-bond acceptors (Lipinski definition) is 7. The van der Waals surface area contributed by atoms with Crippen molar-refractivity contribution in [3.8, 4) is 0 Å². The van der Waals surface area contributed by atoms with Gasteiger partial charge in [0.15, 0.2) is 4.34 Å². The molecule has 1 saturated heterocycles. The molecule has 10 heteroatoms. The number of imide groups is 1. The Morgan fingerprint density at radius 2 is 2.12 bits per heavy atom. The van der Waals surface area contributed by atoms with Crippen LogP contribution >= 0.6 is 23.1 Å². The van der Waals surface area contributed by atoms with Gasteiger partial charge in [0.05, 0.1) is 0 Å². The highest BCUT2D eigenvalue weighted by atomic mass is 32.2. The molecule has 0 bridgehead atoms. The van der Waals surface area contributed by atoms with Crippen molar-refractivity contribution in [3.05, 3.63) is 0 Å². The standard InChI is InChI=1S/C15H21N5O3S2/c1-2-24-14-19-18-12(25-14)16-10(21)6-5-9-20-11(22)15(17-13(20)23)7-3-4-8-15/h2-9H2,1H3,(H,17,23)(H,16,18,21). The number of aromatic nitrogens is 2. The minimum absolute atomic E-state index is 0.138. The summed E-state index contributed by atoms with van der Waals surface area (Å²) in [5.74, 6) is 0.573. The number of urea groups is 1. The Labute approximate surface area is 154 Å². The molecule has 1 aliphatic heterocycles. The number of anilines is 1. The average Bonchev–Trinajstić information content (AvgIpc) is 3.26. The van der Waals surface area contributed by atoms with E-state index in [0.29, 0.717) is 24.4 Å². The van der Waals surface area contributed by atoms with Gasteiger partial charge in [-0.05, 0) is 25.0 Å². The van der Waals surface area contributed by atoms with E-state index in [-0.39, 0.29) is 30.8 Å². The zero-order valence-corrected chi connectivity index (χ0v) is 15.7. The van der Waals surface area contributed by atoms with E-state index >= 15 is 0 Å². The van der Waals surface area contributed by atoms with Gasteiger partial charge in [-0.15, -0.1) is 10.2 Å². The molecule has 2 fully saturated rings. The number of carbonyl (C=O) groups is 3. The van der Waals surface area contributed by atoms with Crippen LogP contribution in [0.5, 0.6) is 0 Å².